The van der Waals surface area contributed by atoms with Crippen molar-refractivity contribution in [2.75, 3.05) is 26.8 Å². The van der Waals surface area contributed by atoms with E-state index in [2.05, 4.69) is 5.10 Å². The molecule has 0 bridgehead atoms. The molecule has 1 aromatic heterocycles. The van der Waals surface area contributed by atoms with Gasteiger partial charge in [0.25, 0.3) is 5.91 Å². The van der Waals surface area contributed by atoms with Crippen LogP contribution in [0.2, 0.25) is 0 Å². The van der Waals surface area contributed by atoms with Crippen LogP contribution in [0.4, 0.5) is 0 Å². The summed E-state index contributed by atoms with van der Waals surface area (Å²) in [5, 5.41) is 4.06. The molecule has 116 valence electrons. The fourth-order valence-corrected chi connectivity index (χ4v) is 3.40. The van der Waals surface area contributed by atoms with Gasteiger partial charge in [0.15, 0.2) is 0 Å². The van der Waals surface area contributed by atoms with E-state index >= 15 is 0 Å². The number of amides is 1. The van der Waals surface area contributed by atoms with Gasteiger partial charge in [-0.3, -0.25) is 9.48 Å². The van der Waals surface area contributed by atoms with Crippen LogP contribution >= 0.6 is 0 Å². The Balaban J connectivity index is 1.62. The number of piperidine rings is 1. The maximum atomic E-state index is 12.5. The molecule has 1 unspecified atom stereocenters. The number of carbonyl (C=O) groups excluding carboxylic acids is 1. The van der Waals surface area contributed by atoms with E-state index in [1.54, 1.807) is 31.1 Å². The molecule has 6 nitrogen and oxygen atoms in total. The van der Waals surface area contributed by atoms with E-state index < -0.39 is 0 Å². The van der Waals surface area contributed by atoms with Gasteiger partial charge < -0.3 is 14.4 Å². The molecule has 1 aromatic rings. The first-order valence-electron chi connectivity index (χ1n) is 7.58. The molecule has 6 heteroatoms. The Morgan fingerprint density at radius 2 is 2.24 bits per heavy atom. The van der Waals surface area contributed by atoms with Crippen molar-refractivity contribution in [2.24, 2.45) is 7.05 Å². The van der Waals surface area contributed by atoms with Crippen LogP contribution in [-0.4, -0.2) is 59.1 Å². The van der Waals surface area contributed by atoms with Gasteiger partial charge in [-0.15, -0.1) is 0 Å². The zero-order chi connectivity index (χ0) is 14.9. The molecule has 0 saturated carbocycles. The first-order valence-corrected chi connectivity index (χ1v) is 7.58. The SMILES string of the molecule is COC1CCOC2(CCN(C(=O)c3ccnn3C)CC2)C1. The summed E-state index contributed by atoms with van der Waals surface area (Å²) in [7, 11) is 3.57. The number of likely N-dealkylation sites (tertiary alicyclic amines) is 1. The van der Waals surface area contributed by atoms with Crippen LogP contribution in [-0.2, 0) is 16.5 Å². The highest BCUT2D eigenvalue weighted by atomic mass is 16.5. The van der Waals surface area contributed by atoms with Crippen molar-refractivity contribution in [3.63, 3.8) is 0 Å². The van der Waals surface area contributed by atoms with Crippen molar-refractivity contribution in [2.45, 2.75) is 37.4 Å². The van der Waals surface area contributed by atoms with Gasteiger partial charge in [0, 0.05) is 46.5 Å². The summed E-state index contributed by atoms with van der Waals surface area (Å²) >= 11 is 0. The largest absolute Gasteiger partial charge is 0.381 e. The Bertz CT molecular complexity index is 506. The number of aryl methyl sites for hydroxylation is 1. The van der Waals surface area contributed by atoms with E-state index in [9.17, 15) is 4.79 Å². The van der Waals surface area contributed by atoms with Crippen molar-refractivity contribution in [1.29, 1.82) is 0 Å². The highest BCUT2D eigenvalue weighted by Gasteiger charge is 2.41. The molecular weight excluding hydrogens is 270 g/mol. The molecule has 2 saturated heterocycles. The predicted octanol–water partition coefficient (Wildman–Crippen LogP) is 1.22. The number of hydrogen-bond donors (Lipinski definition) is 0. The maximum absolute atomic E-state index is 12.5. The zero-order valence-corrected chi connectivity index (χ0v) is 12.7. The Morgan fingerprint density at radius 1 is 1.48 bits per heavy atom. The fourth-order valence-electron chi connectivity index (χ4n) is 3.40. The second kappa shape index (κ2) is 5.77. The third kappa shape index (κ3) is 2.82. The lowest BCUT2D eigenvalue weighted by molar-refractivity contribution is -0.146. The molecule has 1 amide bonds. The number of aromatic nitrogens is 2. The average Bonchev–Trinajstić information content (AvgIpc) is 2.93. The van der Waals surface area contributed by atoms with E-state index in [0.29, 0.717) is 5.69 Å². The molecule has 0 radical (unpaired) electrons. The number of hydrogen-bond acceptors (Lipinski definition) is 4. The molecule has 2 fully saturated rings. The smallest absolute Gasteiger partial charge is 0.272 e. The summed E-state index contributed by atoms with van der Waals surface area (Å²) in [4.78, 5) is 14.4. The number of nitrogens with zero attached hydrogens (tertiary/aromatic N) is 3. The first kappa shape index (κ1) is 14.5. The predicted molar refractivity (Wildman–Crippen MR) is 77.1 cm³/mol. The number of rotatable bonds is 2. The van der Waals surface area contributed by atoms with E-state index in [-0.39, 0.29) is 17.6 Å². The number of carbonyl (C=O) groups is 1. The van der Waals surface area contributed by atoms with Crippen molar-refractivity contribution in [1.82, 2.24) is 14.7 Å². The monoisotopic (exact) mass is 293 g/mol. The third-order valence-corrected chi connectivity index (χ3v) is 4.78. The lowest BCUT2D eigenvalue weighted by Gasteiger charge is -2.45. The van der Waals surface area contributed by atoms with Crippen molar-refractivity contribution >= 4 is 5.91 Å². The number of methoxy groups -OCH3 is 1. The highest BCUT2D eigenvalue weighted by molar-refractivity contribution is 5.92. The van der Waals surface area contributed by atoms with Crippen molar-refractivity contribution in [3.05, 3.63) is 18.0 Å². The van der Waals surface area contributed by atoms with Crippen LogP contribution in [0.1, 0.15) is 36.2 Å². The van der Waals surface area contributed by atoms with Gasteiger partial charge in [0.2, 0.25) is 0 Å². The summed E-state index contributed by atoms with van der Waals surface area (Å²) in [6.45, 7) is 2.23. The molecule has 0 aliphatic carbocycles. The maximum Gasteiger partial charge on any atom is 0.272 e. The fraction of sp³-hybridized carbons (Fsp3) is 0.733. The van der Waals surface area contributed by atoms with Gasteiger partial charge in [-0.25, -0.2) is 0 Å². The van der Waals surface area contributed by atoms with Gasteiger partial charge in [-0.2, -0.15) is 5.10 Å². The van der Waals surface area contributed by atoms with E-state index in [4.69, 9.17) is 9.47 Å². The van der Waals surface area contributed by atoms with Gasteiger partial charge in [-0.1, -0.05) is 0 Å². The molecule has 21 heavy (non-hydrogen) atoms. The third-order valence-electron chi connectivity index (χ3n) is 4.78. The summed E-state index contributed by atoms with van der Waals surface area (Å²) in [5.74, 6) is 0.0592. The van der Waals surface area contributed by atoms with Gasteiger partial charge >= 0.3 is 0 Å². The Morgan fingerprint density at radius 3 is 2.86 bits per heavy atom. The topological polar surface area (TPSA) is 56.6 Å². The Hall–Kier alpha value is -1.40. The van der Waals surface area contributed by atoms with Crippen LogP contribution in [0, 0.1) is 0 Å². The molecule has 0 N–H and O–H groups in total. The summed E-state index contributed by atoms with van der Waals surface area (Å²) in [6.07, 6.45) is 5.63. The summed E-state index contributed by atoms with van der Waals surface area (Å²) in [6, 6.07) is 1.77. The Kier molecular flexibility index (Phi) is 3.99. The second-order valence-corrected chi connectivity index (χ2v) is 6.01. The van der Waals surface area contributed by atoms with E-state index in [1.807, 2.05) is 4.90 Å². The van der Waals surface area contributed by atoms with Crippen molar-refractivity contribution in [3.8, 4) is 0 Å². The minimum Gasteiger partial charge on any atom is -0.381 e. The molecule has 3 heterocycles. The molecule has 2 aliphatic rings. The normalized spacial score (nSPS) is 25.2. The van der Waals surface area contributed by atoms with Crippen LogP contribution in [0.15, 0.2) is 12.3 Å². The molecule has 3 rings (SSSR count). The standard InChI is InChI=1S/C15H23N3O3/c1-17-13(3-7-16-17)14(19)18-8-5-15(6-9-18)11-12(20-2)4-10-21-15/h3,7,12H,4-6,8-11H2,1-2H3. The second-order valence-electron chi connectivity index (χ2n) is 6.01. The van der Waals surface area contributed by atoms with Crippen LogP contribution in [0.25, 0.3) is 0 Å². The summed E-state index contributed by atoms with van der Waals surface area (Å²) in [5.41, 5.74) is 0.549. The quantitative estimate of drug-likeness (QED) is 0.823. The van der Waals surface area contributed by atoms with E-state index in [1.165, 1.54) is 0 Å². The minimum absolute atomic E-state index is 0.0592. The van der Waals surface area contributed by atoms with Crippen molar-refractivity contribution < 1.29 is 14.3 Å². The molecule has 1 atom stereocenters. The lowest BCUT2D eigenvalue weighted by atomic mass is 9.83. The summed E-state index contributed by atoms with van der Waals surface area (Å²) < 4.78 is 13.2. The highest BCUT2D eigenvalue weighted by Crippen LogP contribution is 2.36. The van der Waals surface area contributed by atoms with Crippen LogP contribution < -0.4 is 0 Å². The number of ether oxygens (including phenoxy) is 2. The molecule has 0 aromatic carbocycles. The average molecular weight is 293 g/mol. The molecule has 2 aliphatic heterocycles. The lowest BCUT2D eigenvalue weighted by Crippen LogP contribution is -2.52. The minimum atomic E-state index is -0.0951. The zero-order valence-electron chi connectivity index (χ0n) is 12.7. The van der Waals surface area contributed by atoms with Gasteiger partial charge in [0.1, 0.15) is 5.69 Å². The van der Waals surface area contributed by atoms with Crippen LogP contribution in [0.5, 0.6) is 0 Å². The molecule has 1 spiro atoms. The van der Waals surface area contributed by atoms with Crippen LogP contribution in [0.3, 0.4) is 0 Å². The van der Waals surface area contributed by atoms with E-state index in [0.717, 1.165) is 45.4 Å². The van der Waals surface area contributed by atoms with Gasteiger partial charge in [-0.05, 0) is 25.3 Å². The first-order chi connectivity index (χ1) is 10.1. The molecular formula is C15H23N3O3. The van der Waals surface area contributed by atoms with Gasteiger partial charge in [0.05, 0.1) is 11.7 Å². The Labute approximate surface area is 125 Å².